The van der Waals surface area contributed by atoms with Crippen LogP contribution < -0.4 is 0 Å². The number of carbonyl (C=O) groups is 1. The van der Waals surface area contributed by atoms with E-state index in [1.165, 1.54) is 38.5 Å². The first kappa shape index (κ1) is 8.09. The topological polar surface area (TPSA) is 37.3 Å². The van der Waals surface area contributed by atoms with Crippen molar-refractivity contribution < 1.29 is 9.90 Å². The van der Waals surface area contributed by atoms with E-state index < -0.39 is 5.97 Å². The maximum atomic E-state index is 10.7. The van der Waals surface area contributed by atoms with Crippen LogP contribution in [0.25, 0.3) is 0 Å². The standard InChI is InChI=1S/C10H16O2/c11-9(12)7-10(5-2-6-10)8-3-1-4-8/h8H,1-7H2,(H,11,12). The zero-order valence-corrected chi connectivity index (χ0v) is 7.38. The second-order valence-corrected chi connectivity index (χ2v) is 4.41. The lowest BCUT2D eigenvalue weighted by molar-refractivity contribution is -0.144. The van der Waals surface area contributed by atoms with E-state index in [1.807, 2.05) is 0 Å². The van der Waals surface area contributed by atoms with Gasteiger partial charge in [0.05, 0.1) is 6.42 Å². The van der Waals surface area contributed by atoms with Crippen molar-refractivity contribution in [1.29, 1.82) is 0 Å². The number of rotatable bonds is 3. The maximum absolute atomic E-state index is 10.7. The lowest BCUT2D eigenvalue weighted by atomic mass is 9.54. The Balaban J connectivity index is 1.97. The summed E-state index contributed by atoms with van der Waals surface area (Å²) in [5.41, 5.74) is 0.240. The summed E-state index contributed by atoms with van der Waals surface area (Å²) in [4.78, 5) is 10.7. The van der Waals surface area contributed by atoms with Gasteiger partial charge >= 0.3 is 5.97 Å². The van der Waals surface area contributed by atoms with Crippen molar-refractivity contribution in [3.8, 4) is 0 Å². The van der Waals surface area contributed by atoms with E-state index >= 15 is 0 Å². The Labute approximate surface area is 73.0 Å². The molecule has 68 valence electrons. The summed E-state index contributed by atoms with van der Waals surface area (Å²) in [5, 5.41) is 8.78. The second kappa shape index (κ2) is 2.75. The Hall–Kier alpha value is -0.530. The van der Waals surface area contributed by atoms with Gasteiger partial charge in [0.2, 0.25) is 0 Å². The Morgan fingerprint density at radius 1 is 1.33 bits per heavy atom. The molecule has 2 nitrogen and oxygen atoms in total. The van der Waals surface area contributed by atoms with Crippen LogP contribution in [0.1, 0.15) is 44.9 Å². The van der Waals surface area contributed by atoms with Gasteiger partial charge in [-0.3, -0.25) is 4.79 Å². The molecule has 2 saturated carbocycles. The van der Waals surface area contributed by atoms with Gasteiger partial charge in [0, 0.05) is 0 Å². The Bertz CT molecular complexity index is 190. The van der Waals surface area contributed by atoms with Crippen LogP contribution in [0.4, 0.5) is 0 Å². The SMILES string of the molecule is O=C(O)CC1(C2CCC2)CCC1. The molecular formula is C10H16O2. The predicted molar refractivity (Wildman–Crippen MR) is 45.9 cm³/mol. The average molecular weight is 168 g/mol. The minimum absolute atomic E-state index is 0.240. The first-order chi connectivity index (χ1) is 5.73. The molecule has 2 aliphatic carbocycles. The second-order valence-electron chi connectivity index (χ2n) is 4.41. The van der Waals surface area contributed by atoms with E-state index in [0.29, 0.717) is 6.42 Å². The molecule has 12 heavy (non-hydrogen) atoms. The van der Waals surface area contributed by atoms with Crippen molar-refractivity contribution in [3.63, 3.8) is 0 Å². The number of carboxylic acids is 1. The normalized spacial score (nSPS) is 27.3. The number of carboxylic acid groups (broad SMARTS) is 1. The molecular weight excluding hydrogens is 152 g/mol. The zero-order valence-electron chi connectivity index (χ0n) is 7.38. The summed E-state index contributed by atoms with van der Waals surface area (Å²) in [6.07, 6.45) is 7.92. The van der Waals surface area contributed by atoms with Crippen LogP contribution in [0.2, 0.25) is 0 Å². The molecule has 1 N–H and O–H groups in total. The summed E-state index contributed by atoms with van der Waals surface area (Å²) in [5.74, 6) is 0.156. The fourth-order valence-corrected chi connectivity index (χ4v) is 2.68. The summed E-state index contributed by atoms with van der Waals surface area (Å²) >= 11 is 0. The lowest BCUT2D eigenvalue weighted by Gasteiger charge is -2.51. The van der Waals surface area contributed by atoms with E-state index in [4.69, 9.17) is 5.11 Å². The molecule has 0 aromatic rings. The van der Waals surface area contributed by atoms with Gasteiger partial charge in [-0.1, -0.05) is 12.8 Å². The number of aliphatic carboxylic acids is 1. The molecule has 2 heteroatoms. The third-order valence-corrected chi connectivity index (χ3v) is 3.82. The van der Waals surface area contributed by atoms with E-state index in [-0.39, 0.29) is 5.41 Å². The molecule has 2 aliphatic rings. The third-order valence-electron chi connectivity index (χ3n) is 3.82. The van der Waals surface area contributed by atoms with Gasteiger partial charge in [-0.2, -0.15) is 0 Å². The fraction of sp³-hybridized carbons (Fsp3) is 0.900. The molecule has 0 aromatic heterocycles. The summed E-state index contributed by atoms with van der Waals surface area (Å²) in [6, 6.07) is 0. The molecule has 2 rings (SSSR count). The highest BCUT2D eigenvalue weighted by Crippen LogP contribution is 2.56. The van der Waals surface area contributed by atoms with Gasteiger partial charge in [0.25, 0.3) is 0 Å². The Kier molecular flexibility index (Phi) is 1.85. The van der Waals surface area contributed by atoms with Gasteiger partial charge in [-0.15, -0.1) is 0 Å². The van der Waals surface area contributed by atoms with Crippen molar-refractivity contribution in [2.45, 2.75) is 44.9 Å². The number of hydrogen-bond donors (Lipinski definition) is 1. The lowest BCUT2D eigenvalue weighted by Crippen LogP contribution is -2.42. The largest absolute Gasteiger partial charge is 0.481 e. The monoisotopic (exact) mass is 168 g/mol. The molecule has 0 radical (unpaired) electrons. The van der Waals surface area contributed by atoms with Gasteiger partial charge in [-0.05, 0) is 37.0 Å². The summed E-state index contributed by atoms with van der Waals surface area (Å²) in [7, 11) is 0. The van der Waals surface area contributed by atoms with Gasteiger partial charge < -0.3 is 5.11 Å². The third kappa shape index (κ3) is 1.13. The smallest absolute Gasteiger partial charge is 0.303 e. The van der Waals surface area contributed by atoms with Crippen LogP contribution in [-0.2, 0) is 4.79 Å². The van der Waals surface area contributed by atoms with Crippen LogP contribution in [0.15, 0.2) is 0 Å². The molecule has 0 amide bonds. The highest BCUT2D eigenvalue weighted by atomic mass is 16.4. The summed E-state index contributed by atoms with van der Waals surface area (Å²) < 4.78 is 0. The molecule has 0 spiro atoms. The Morgan fingerprint density at radius 2 is 2.00 bits per heavy atom. The fourth-order valence-electron chi connectivity index (χ4n) is 2.68. The Morgan fingerprint density at radius 3 is 2.25 bits per heavy atom. The molecule has 2 fully saturated rings. The van der Waals surface area contributed by atoms with Crippen molar-refractivity contribution >= 4 is 5.97 Å². The molecule has 0 heterocycles. The van der Waals surface area contributed by atoms with Gasteiger partial charge in [-0.25, -0.2) is 0 Å². The maximum Gasteiger partial charge on any atom is 0.303 e. The molecule has 0 aromatic carbocycles. The molecule has 0 aliphatic heterocycles. The van der Waals surface area contributed by atoms with Gasteiger partial charge in [0.15, 0.2) is 0 Å². The summed E-state index contributed by atoms with van der Waals surface area (Å²) in [6.45, 7) is 0. The molecule has 0 unspecified atom stereocenters. The first-order valence-electron chi connectivity index (χ1n) is 4.95. The zero-order chi connectivity index (χ0) is 8.60. The van der Waals surface area contributed by atoms with Crippen molar-refractivity contribution in [2.75, 3.05) is 0 Å². The molecule has 0 atom stereocenters. The minimum Gasteiger partial charge on any atom is -0.481 e. The van der Waals surface area contributed by atoms with Crippen molar-refractivity contribution in [2.24, 2.45) is 11.3 Å². The first-order valence-corrected chi connectivity index (χ1v) is 4.95. The predicted octanol–water partition coefficient (Wildman–Crippen LogP) is 2.43. The molecule has 0 saturated heterocycles. The van der Waals surface area contributed by atoms with E-state index in [0.717, 1.165) is 5.92 Å². The van der Waals surface area contributed by atoms with E-state index in [1.54, 1.807) is 0 Å². The van der Waals surface area contributed by atoms with Crippen LogP contribution in [0, 0.1) is 11.3 Å². The average Bonchev–Trinajstić information content (AvgIpc) is 1.77. The van der Waals surface area contributed by atoms with Crippen LogP contribution in [-0.4, -0.2) is 11.1 Å². The quantitative estimate of drug-likeness (QED) is 0.702. The van der Waals surface area contributed by atoms with Gasteiger partial charge in [0.1, 0.15) is 0 Å². The molecule has 0 bridgehead atoms. The van der Waals surface area contributed by atoms with Crippen LogP contribution in [0.3, 0.4) is 0 Å². The van der Waals surface area contributed by atoms with Crippen molar-refractivity contribution in [1.82, 2.24) is 0 Å². The van der Waals surface area contributed by atoms with E-state index in [9.17, 15) is 4.79 Å². The van der Waals surface area contributed by atoms with Crippen LogP contribution >= 0.6 is 0 Å². The highest BCUT2D eigenvalue weighted by Gasteiger charge is 2.47. The minimum atomic E-state index is -0.596. The number of hydrogen-bond acceptors (Lipinski definition) is 1. The van der Waals surface area contributed by atoms with Crippen molar-refractivity contribution in [3.05, 3.63) is 0 Å². The van der Waals surface area contributed by atoms with E-state index in [2.05, 4.69) is 0 Å². The highest BCUT2D eigenvalue weighted by molar-refractivity contribution is 5.68. The van der Waals surface area contributed by atoms with Crippen LogP contribution in [0.5, 0.6) is 0 Å².